The average Bonchev–Trinajstić information content (AvgIpc) is 2.88. The number of aryl methyl sites for hydroxylation is 1. The van der Waals surface area contributed by atoms with Gasteiger partial charge in [0.2, 0.25) is 5.91 Å². The van der Waals surface area contributed by atoms with Gasteiger partial charge in [-0.2, -0.15) is 0 Å². The minimum Gasteiger partial charge on any atom is -0.496 e. The van der Waals surface area contributed by atoms with Crippen LogP contribution in [0.4, 0.5) is 10.5 Å². The van der Waals surface area contributed by atoms with E-state index >= 15 is 0 Å². The Kier molecular flexibility index (Phi) is 7.80. The quantitative estimate of drug-likeness (QED) is 0.693. The van der Waals surface area contributed by atoms with Gasteiger partial charge in [-0.3, -0.25) is 9.59 Å². The van der Waals surface area contributed by atoms with E-state index < -0.39 is 0 Å². The van der Waals surface area contributed by atoms with E-state index in [-0.39, 0.29) is 23.8 Å². The smallest absolute Gasteiger partial charge is 0.321 e. The highest BCUT2D eigenvalue weighted by Crippen LogP contribution is 2.27. The molecule has 2 heterocycles. The number of carbonyl (C=O) groups excluding carboxylic acids is 3. The van der Waals surface area contributed by atoms with Crippen LogP contribution < -0.4 is 10.1 Å². The molecule has 2 aliphatic heterocycles. The van der Waals surface area contributed by atoms with Gasteiger partial charge in [-0.1, -0.05) is 23.7 Å². The molecule has 186 valence electrons. The summed E-state index contributed by atoms with van der Waals surface area (Å²) in [6, 6.07) is 12.5. The van der Waals surface area contributed by atoms with Gasteiger partial charge in [0.1, 0.15) is 5.75 Å². The summed E-state index contributed by atoms with van der Waals surface area (Å²) in [6.07, 6.45) is 1.23. The molecule has 9 heteroatoms. The fourth-order valence-corrected chi connectivity index (χ4v) is 4.83. The topological polar surface area (TPSA) is 82.2 Å². The standard InChI is InChI=1S/C26H31ClN4O4/c1-18-4-3-5-21(16-18)28-26(34)31-14-12-30(13-15-31)24(32)19-8-10-29(11-9-19)25(33)22-17-20(27)6-7-23(22)35-2/h3-7,16-17,19H,8-15H2,1-2H3,(H,28,34). The molecule has 2 aromatic carbocycles. The second kappa shape index (κ2) is 11.0. The number of benzene rings is 2. The van der Waals surface area contributed by atoms with E-state index in [0.717, 1.165) is 11.3 Å². The van der Waals surface area contributed by atoms with Crippen LogP contribution in [0.3, 0.4) is 0 Å². The minimum absolute atomic E-state index is 0.108. The number of anilines is 1. The lowest BCUT2D eigenvalue weighted by Gasteiger charge is -2.38. The number of nitrogens with zero attached hydrogens (tertiary/aromatic N) is 3. The summed E-state index contributed by atoms with van der Waals surface area (Å²) in [7, 11) is 1.52. The molecule has 0 bridgehead atoms. The van der Waals surface area contributed by atoms with Crippen LogP contribution in [0.1, 0.15) is 28.8 Å². The highest BCUT2D eigenvalue weighted by Gasteiger charge is 2.33. The van der Waals surface area contributed by atoms with E-state index in [2.05, 4.69) is 5.32 Å². The van der Waals surface area contributed by atoms with Gasteiger partial charge in [-0.25, -0.2) is 4.79 Å². The fourth-order valence-electron chi connectivity index (χ4n) is 4.66. The first-order valence-electron chi connectivity index (χ1n) is 11.9. The Bertz CT molecular complexity index is 1090. The highest BCUT2D eigenvalue weighted by molar-refractivity contribution is 6.31. The van der Waals surface area contributed by atoms with Crippen LogP contribution in [0.15, 0.2) is 42.5 Å². The van der Waals surface area contributed by atoms with E-state index in [1.165, 1.54) is 7.11 Å². The van der Waals surface area contributed by atoms with Crippen molar-refractivity contribution in [3.8, 4) is 5.75 Å². The molecule has 0 spiro atoms. The Hall–Kier alpha value is -3.26. The lowest BCUT2D eigenvalue weighted by Crippen LogP contribution is -2.54. The SMILES string of the molecule is COc1ccc(Cl)cc1C(=O)N1CCC(C(=O)N2CCN(C(=O)Nc3cccc(C)c3)CC2)CC1. The van der Waals surface area contributed by atoms with Crippen LogP contribution in [0, 0.1) is 12.8 Å². The van der Waals surface area contributed by atoms with Gasteiger partial charge in [0.25, 0.3) is 5.91 Å². The van der Waals surface area contributed by atoms with Crippen LogP contribution in [-0.4, -0.2) is 78.9 Å². The predicted molar refractivity (Wildman–Crippen MR) is 135 cm³/mol. The third-order valence-corrected chi connectivity index (χ3v) is 6.91. The summed E-state index contributed by atoms with van der Waals surface area (Å²) >= 11 is 6.08. The summed E-state index contributed by atoms with van der Waals surface area (Å²) in [5.41, 5.74) is 2.28. The number of hydrogen-bond acceptors (Lipinski definition) is 4. The number of rotatable bonds is 4. The number of carbonyl (C=O) groups is 3. The summed E-state index contributed by atoms with van der Waals surface area (Å²) < 4.78 is 5.32. The number of likely N-dealkylation sites (tertiary alicyclic amines) is 1. The molecule has 0 aromatic heterocycles. The summed E-state index contributed by atoms with van der Waals surface area (Å²) in [5.74, 6) is 0.342. The van der Waals surface area contributed by atoms with Gasteiger partial charge in [0.05, 0.1) is 12.7 Å². The number of piperazine rings is 1. The largest absolute Gasteiger partial charge is 0.496 e. The number of urea groups is 1. The first-order chi connectivity index (χ1) is 16.9. The van der Waals surface area contributed by atoms with Gasteiger partial charge in [-0.15, -0.1) is 0 Å². The number of hydrogen-bond donors (Lipinski definition) is 1. The van der Waals surface area contributed by atoms with Crippen LogP contribution in [-0.2, 0) is 4.79 Å². The van der Waals surface area contributed by atoms with Crippen LogP contribution in [0.25, 0.3) is 0 Å². The molecule has 2 saturated heterocycles. The van der Waals surface area contributed by atoms with Gasteiger partial charge < -0.3 is 24.8 Å². The molecule has 2 aliphatic rings. The van der Waals surface area contributed by atoms with Gasteiger partial charge in [0.15, 0.2) is 0 Å². The van der Waals surface area contributed by atoms with Gasteiger partial charge in [-0.05, 0) is 55.7 Å². The Morgan fingerprint density at radius 2 is 1.60 bits per heavy atom. The molecule has 4 amide bonds. The molecular weight excluding hydrogens is 468 g/mol. The van der Waals surface area contributed by atoms with Crippen molar-refractivity contribution in [3.63, 3.8) is 0 Å². The zero-order chi connectivity index (χ0) is 24.9. The van der Waals surface area contributed by atoms with E-state index in [9.17, 15) is 14.4 Å². The van der Waals surface area contributed by atoms with E-state index in [1.54, 1.807) is 28.0 Å². The zero-order valence-electron chi connectivity index (χ0n) is 20.1. The molecule has 0 atom stereocenters. The number of piperidine rings is 1. The first-order valence-corrected chi connectivity index (χ1v) is 12.3. The summed E-state index contributed by atoms with van der Waals surface area (Å²) in [6.45, 7) is 5.00. The van der Waals surface area contributed by atoms with Crippen molar-refractivity contribution in [1.82, 2.24) is 14.7 Å². The molecule has 35 heavy (non-hydrogen) atoms. The second-order valence-electron chi connectivity index (χ2n) is 9.02. The Balaban J connectivity index is 1.26. The van der Waals surface area contributed by atoms with Gasteiger partial charge >= 0.3 is 6.03 Å². The van der Waals surface area contributed by atoms with Crippen molar-refractivity contribution >= 4 is 35.1 Å². The molecule has 0 radical (unpaired) electrons. The first kappa shape index (κ1) is 24.9. The minimum atomic E-state index is -0.147. The third-order valence-electron chi connectivity index (χ3n) is 6.67. The molecule has 0 aliphatic carbocycles. The Morgan fingerprint density at radius 3 is 2.26 bits per heavy atom. The number of amides is 4. The van der Waals surface area contributed by atoms with Crippen molar-refractivity contribution in [2.75, 3.05) is 51.7 Å². The molecule has 0 unspecified atom stereocenters. The number of halogens is 1. The highest BCUT2D eigenvalue weighted by atomic mass is 35.5. The fraction of sp³-hybridized carbons (Fsp3) is 0.423. The monoisotopic (exact) mass is 498 g/mol. The summed E-state index contributed by atoms with van der Waals surface area (Å²) in [4.78, 5) is 44.1. The maximum atomic E-state index is 13.1. The lowest BCUT2D eigenvalue weighted by molar-refractivity contribution is -0.138. The van der Waals surface area contributed by atoms with Crippen molar-refractivity contribution in [2.24, 2.45) is 5.92 Å². The molecule has 1 N–H and O–H groups in total. The zero-order valence-corrected chi connectivity index (χ0v) is 20.9. The molecular formula is C26H31ClN4O4. The van der Waals surface area contributed by atoms with Crippen molar-refractivity contribution in [2.45, 2.75) is 19.8 Å². The average molecular weight is 499 g/mol. The lowest BCUT2D eigenvalue weighted by atomic mass is 9.94. The third kappa shape index (κ3) is 5.88. The maximum Gasteiger partial charge on any atom is 0.321 e. The second-order valence-corrected chi connectivity index (χ2v) is 9.46. The van der Waals surface area contributed by atoms with Crippen LogP contribution >= 0.6 is 11.6 Å². The van der Waals surface area contributed by atoms with Crippen molar-refractivity contribution < 1.29 is 19.1 Å². The van der Waals surface area contributed by atoms with E-state index in [1.807, 2.05) is 36.1 Å². The van der Waals surface area contributed by atoms with E-state index in [4.69, 9.17) is 16.3 Å². The van der Waals surface area contributed by atoms with Crippen LogP contribution in [0.2, 0.25) is 5.02 Å². The Labute approximate surface area is 210 Å². The van der Waals surface area contributed by atoms with Crippen LogP contribution in [0.5, 0.6) is 5.75 Å². The predicted octanol–water partition coefficient (Wildman–Crippen LogP) is 3.89. The normalized spacial score (nSPS) is 16.7. The maximum absolute atomic E-state index is 13.1. The molecule has 0 saturated carbocycles. The molecule has 8 nitrogen and oxygen atoms in total. The van der Waals surface area contributed by atoms with E-state index in [0.29, 0.717) is 68.4 Å². The number of nitrogens with one attached hydrogen (secondary N) is 1. The number of ether oxygens (including phenoxy) is 1. The number of methoxy groups -OCH3 is 1. The van der Waals surface area contributed by atoms with Crippen molar-refractivity contribution in [3.05, 3.63) is 58.6 Å². The molecule has 2 fully saturated rings. The molecule has 4 rings (SSSR count). The van der Waals surface area contributed by atoms with Gasteiger partial charge in [0, 0.05) is 55.9 Å². The molecule has 2 aromatic rings. The summed E-state index contributed by atoms with van der Waals surface area (Å²) in [5, 5.41) is 3.41. The Morgan fingerprint density at radius 1 is 0.914 bits per heavy atom. The van der Waals surface area contributed by atoms with Crippen molar-refractivity contribution in [1.29, 1.82) is 0 Å².